The highest BCUT2D eigenvalue weighted by atomic mass is 19.4. The van der Waals surface area contributed by atoms with Crippen LogP contribution in [-0.4, -0.2) is 86.0 Å². The van der Waals surface area contributed by atoms with Gasteiger partial charge in [0.15, 0.2) is 0 Å². The average Bonchev–Trinajstić information content (AvgIpc) is 2.83. The lowest BCUT2D eigenvalue weighted by Crippen LogP contribution is -2.51. The van der Waals surface area contributed by atoms with Gasteiger partial charge in [-0.25, -0.2) is 9.97 Å². The van der Waals surface area contributed by atoms with Crippen molar-refractivity contribution in [3.8, 4) is 0 Å². The predicted molar refractivity (Wildman–Crippen MR) is 117 cm³/mol. The molecule has 2 saturated heterocycles. The van der Waals surface area contributed by atoms with Crippen molar-refractivity contribution in [1.29, 1.82) is 0 Å². The van der Waals surface area contributed by atoms with Gasteiger partial charge in [0.1, 0.15) is 5.69 Å². The van der Waals surface area contributed by atoms with Crippen LogP contribution in [0.4, 0.5) is 19.1 Å². The van der Waals surface area contributed by atoms with E-state index in [1.807, 2.05) is 11.8 Å². The maximum atomic E-state index is 13.0. The van der Waals surface area contributed by atoms with Crippen molar-refractivity contribution in [2.75, 3.05) is 57.9 Å². The van der Waals surface area contributed by atoms with Gasteiger partial charge in [0.05, 0.1) is 12.7 Å². The van der Waals surface area contributed by atoms with Gasteiger partial charge in [0, 0.05) is 58.1 Å². The number of carbonyl (C=O) groups excluding carboxylic acids is 1. The maximum Gasteiger partial charge on any atom is 0.433 e. The SMILES string of the molecule is CCC(CCCNC1CCOCC1OC)C(=O)N1CCN(c2nccc(C(F)(F)F)n2)CC1. The largest absolute Gasteiger partial charge is 0.433 e. The highest BCUT2D eigenvalue weighted by molar-refractivity contribution is 5.79. The molecule has 0 aromatic carbocycles. The standard InChI is InChI=1S/C22H34F3N5O3/c1-3-16(5-4-8-26-17-7-14-33-15-18(17)32-2)20(31)29-10-12-30(13-11-29)21-27-9-6-19(28-21)22(23,24)25/h6,9,16-18,26H,3-5,7-8,10-15H2,1-2H3. The Balaban J connectivity index is 1.44. The number of anilines is 1. The van der Waals surface area contributed by atoms with Crippen molar-refractivity contribution in [2.24, 2.45) is 5.92 Å². The molecule has 3 rings (SSSR count). The fraction of sp³-hybridized carbons (Fsp3) is 0.773. The third-order valence-corrected chi connectivity index (χ3v) is 6.39. The van der Waals surface area contributed by atoms with Crippen LogP contribution in [0.15, 0.2) is 12.3 Å². The Kier molecular flexibility index (Phi) is 9.27. The van der Waals surface area contributed by atoms with E-state index >= 15 is 0 Å². The van der Waals surface area contributed by atoms with Gasteiger partial charge in [-0.2, -0.15) is 13.2 Å². The number of aromatic nitrogens is 2. The van der Waals surface area contributed by atoms with Gasteiger partial charge in [-0.05, 0) is 38.3 Å². The molecule has 0 radical (unpaired) electrons. The summed E-state index contributed by atoms with van der Waals surface area (Å²) < 4.78 is 49.7. The van der Waals surface area contributed by atoms with E-state index in [0.29, 0.717) is 32.8 Å². The van der Waals surface area contributed by atoms with Crippen LogP contribution in [0.3, 0.4) is 0 Å². The number of rotatable bonds is 9. The first-order chi connectivity index (χ1) is 15.8. The van der Waals surface area contributed by atoms with Crippen LogP contribution in [0.5, 0.6) is 0 Å². The summed E-state index contributed by atoms with van der Waals surface area (Å²) in [5, 5.41) is 3.53. The molecular formula is C22H34F3N5O3. The van der Waals surface area contributed by atoms with Crippen molar-refractivity contribution in [2.45, 2.75) is 50.9 Å². The van der Waals surface area contributed by atoms with Crippen LogP contribution in [0, 0.1) is 5.92 Å². The Morgan fingerprint density at radius 2 is 2.09 bits per heavy atom. The highest BCUT2D eigenvalue weighted by Crippen LogP contribution is 2.28. The minimum Gasteiger partial charge on any atom is -0.379 e. The van der Waals surface area contributed by atoms with Gasteiger partial charge in [0.25, 0.3) is 0 Å². The zero-order valence-electron chi connectivity index (χ0n) is 19.3. The number of hydrogen-bond acceptors (Lipinski definition) is 7. The van der Waals surface area contributed by atoms with Crippen LogP contribution in [0.2, 0.25) is 0 Å². The van der Waals surface area contributed by atoms with Crippen LogP contribution in [0.1, 0.15) is 38.3 Å². The number of halogens is 3. The number of nitrogens with zero attached hydrogens (tertiary/aromatic N) is 4. The first kappa shape index (κ1) is 25.6. The lowest BCUT2D eigenvalue weighted by atomic mass is 9.97. The molecule has 33 heavy (non-hydrogen) atoms. The number of alkyl halides is 3. The van der Waals surface area contributed by atoms with Crippen molar-refractivity contribution in [1.82, 2.24) is 20.2 Å². The molecule has 186 valence electrons. The summed E-state index contributed by atoms with van der Waals surface area (Å²) in [5.41, 5.74) is -0.955. The maximum absolute atomic E-state index is 13.0. The van der Waals surface area contributed by atoms with Gasteiger partial charge < -0.3 is 24.6 Å². The van der Waals surface area contributed by atoms with E-state index in [2.05, 4.69) is 15.3 Å². The van der Waals surface area contributed by atoms with Crippen molar-refractivity contribution >= 4 is 11.9 Å². The van der Waals surface area contributed by atoms with Gasteiger partial charge >= 0.3 is 6.18 Å². The lowest BCUT2D eigenvalue weighted by Gasteiger charge is -2.36. The van der Waals surface area contributed by atoms with E-state index < -0.39 is 11.9 Å². The number of ether oxygens (including phenoxy) is 2. The lowest BCUT2D eigenvalue weighted by molar-refractivity contribution is -0.141. The zero-order chi connectivity index (χ0) is 23.8. The second-order valence-corrected chi connectivity index (χ2v) is 8.50. The molecule has 3 atom stereocenters. The molecule has 0 aliphatic carbocycles. The summed E-state index contributed by atoms with van der Waals surface area (Å²) in [7, 11) is 1.69. The van der Waals surface area contributed by atoms with E-state index in [-0.39, 0.29) is 29.9 Å². The third-order valence-electron chi connectivity index (χ3n) is 6.39. The number of methoxy groups -OCH3 is 1. The van der Waals surface area contributed by atoms with Crippen LogP contribution >= 0.6 is 0 Å². The van der Waals surface area contributed by atoms with E-state index in [9.17, 15) is 18.0 Å². The van der Waals surface area contributed by atoms with E-state index in [1.54, 1.807) is 12.0 Å². The monoisotopic (exact) mass is 473 g/mol. The fourth-order valence-corrected chi connectivity index (χ4v) is 4.36. The Labute approximate surface area is 192 Å². The van der Waals surface area contributed by atoms with Crippen molar-refractivity contribution in [3.05, 3.63) is 18.0 Å². The summed E-state index contributed by atoms with van der Waals surface area (Å²) >= 11 is 0. The first-order valence-corrected chi connectivity index (χ1v) is 11.6. The molecule has 2 fully saturated rings. The molecule has 0 saturated carbocycles. The number of piperazine rings is 1. The van der Waals surface area contributed by atoms with Crippen LogP contribution in [0.25, 0.3) is 0 Å². The zero-order valence-corrected chi connectivity index (χ0v) is 19.3. The van der Waals surface area contributed by atoms with E-state index in [1.165, 1.54) is 0 Å². The molecule has 2 aliphatic heterocycles. The number of amides is 1. The fourth-order valence-electron chi connectivity index (χ4n) is 4.36. The molecular weight excluding hydrogens is 439 g/mol. The van der Waals surface area contributed by atoms with Gasteiger partial charge in [0.2, 0.25) is 11.9 Å². The predicted octanol–water partition coefficient (Wildman–Crippen LogP) is 2.34. The molecule has 0 bridgehead atoms. The molecule has 1 N–H and O–H groups in total. The smallest absolute Gasteiger partial charge is 0.379 e. The van der Waals surface area contributed by atoms with Gasteiger partial charge in [-0.3, -0.25) is 4.79 Å². The van der Waals surface area contributed by atoms with Crippen LogP contribution in [-0.2, 0) is 20.4 Å². The third kappa shape index (κ3) is 7.00. The number of hydrogen-bond donors (Lipinski definition) is 1. The Morgan fingerprint density at radius 1 is 1.33 bits per heavy atom. The van der Waals surface area contributed by atoms with E-state index in [0.717, 1.165) is 51.1 Å². The summed E-state index contributed by atoms with van der Waals surface area (Å²) in [6.45, 7) is 5.87. The summed E-state index contributed by atoms with van der Waals surface area (Å²) in [6.07, 6.45) is 0.0188. The Hall–Kier alpha value is -1.98. The van der Waals surface area contributed by atoms with Gasteiger partial charge in [-0.15, -0.1) is 0 Å². The molecule has 0 spiro atoms. The first-order valence-electron chi connectivity index (χ1n) is 11.6. The number of nitrogens with one attached hydrogen (secondary N) is 1. The molecule has 1 amide bonds. The molecule has 2 aliphatic rings. The average molecular weight is 474 g/mol. The van der Waals surface area contributed by atoms with Crippen molar-refractivity contribution in [3.63, 3.8) is 0 Å². The molecule has 3 heterocycles. The Bertz CT molecular complexity index is 759. The molecule has 3 unspecified atom stereocenters. The topological polar surface area (TPSA) is 79.8 Å². The second kappa shape index (κ2) is 11.9. The highest BCUT2D eigenvalue weighted by Gasteiger charge is 2.34. The molecule has 8 nitrogen and oxygen atoms in total. The Morgan fingerprint density at radius 3 is 2.76 bits per heavy atom. The number of carbonyl (C=O) groups is 1. The quantitative estimate of drug-likeness (QED) is 0.552. The molecule has 1 aromatic heterocycles. The normalized spacial score (nSPS) is 22.9. The van der Waals surface area contributed by atoms with E-state index in [4.69, 9.17) is 9.47 Å². The summed E-state index contributed by atoms with van der Waals surface area (Å²) in [4.78, 5) is 24.2. The molecule has 11 heteroatoms. The molecule has 1 aromatic rings. The summed E-state index contributed by atoms with van der Waals surface area (Å²) in [6, 6.07) is 1.13. The van der Waals surface area contributed by atoms with Gasteiger partial charge in [-0.1, -0.05) is 6.92 Å². The minimum atomic E-state index is -4.51. The van der Waals surface area contributed by atoms with Crippen LogP contribution < -0.4 is 10.2 Å². The van der Waals surface area contributed by atoms with Crippen molar-refractivity contribution < 1.29 is 27.4 Å². The minimum absolute atomic E-state index is 0.0533. The summed E-state index contributed by atoms with van der Waals surface area (Å²) in [5.74, 6) is 0.108. The second-order valence-electron chi connectivity index (χ2n) is 8.50.